The molecule has 2 rings (SSSR count). The summed E-state index contributed by atoms with van der Waals surface area (Å²) in [5, 5.41) is 0. The molecule has 1 heterocycles. The van der Waals surface area contributed by atoms with E-state index in [0.717, 1.165) is 17.7 Å². The van der Waals surface area contributed by atoms with Crippen LogP contribution < -0.4 is 0 Å². The fourth-order valence-corrected chi connectivity index (χ4v) is 1.35. The van der Waals surface area contributed by atoms with Crippen LogP contribution in [0, 0.1) is 12.8 Å². The van der Waals surface area contributed by atoms with Crippen molar-refractivity contribution in [2.24, 2.45) is 0 Å². The largest absolute Gasteiger partial charge is 0.469 e. The summed E-state index contributed by atoms with van der Waals surface area (Å²) in [6, 6.07) is 12.4. The van der Waals surface area contributed by atoms with Crippen molar-refractivity contribution in [2.45, 2.75) is 27.2 Å². The third kappa shape index (κ3) is 4.61. The number of terminal acetylenes is 1. The summed E-state index contributed by atoms with van der Waals surface area (Å²) in [4.78, 5) is 0. The molecule has 1 aromatic carbocycles. The molecule has 0 spiro atoms. The third-order valence-corrected chi connectivity index (χ3v) is 2.11. The van der Waals surface area contributed by atoms with Crippen molar-refractivity contribution in [1.82, 2.24) is 0 Å². The lowest BCUT2D eigenvalue weighted by Gasteiger charge is -1.92. The van der Waals surface area contributed by atoms with E-state index in [1.54, 1.807) is 0 Å². The summed E-state index contributed by atoms with van der Waals surface area (Å²) >= 11 is 0. The second-order valence-corrected chi connectivity index (χ2v) is 3.02. The minimum Gasteiger partial charge on any atom is -0.469 e. The standard InChI is InChI=1S/C12H12O.C2H6.C2H2/c1-2-12-8-11(9-13-12)10-6-4-3-5-7-10;2*1-2/h3-9H,2H2,1H3;1-2H3;1-2H. The van der Waals surface area contributed by atoms with Crippen molar-refractivity contribution in [2.75, 3.05) is 0 Å². The maximum atomic E-state index is 5.37. The van der Waals surface area contributed by atoms with E-state index in [0.29, 0.717) is 0 Å². The van der Waals surface area contributed by atoms with Gasteiger partial charge < -0.3 is 4.42 Å². The lowest BCUT2D eigenvalue weighted by atomic mass is 10.1. The molecular formula is C16H20O. The Hall–Kier alpha value is -1.94. The minimum atomic E-state index is 0.951. The average molecular weight is 228 g/mol. The van der Waals surface area contributed by atoms with Crippen LogP contribution in [0.25, 0.3) is 11.1 Å². The van der Waals surface area contributed by atoms with Gasteiger partial charge in [0.15, 0.2) is 0 Å². The summed E-state index contributed by atoms with van der Waals surface area (Å²) in [7, 11) is 0. The molecule has 1 nitrogen and oxygen atoms in total. The van der Waals surface area contributed by atoms with Crippen LogP contribution in [-0.2, 0) is 6.42 Å². The van der Waals surface area contributed by atoms with Gasteiger partial charge in [0, 0.05) is 12.0 Å². The Morgan fingerprint density at radius 3 is 2.06 bits per heavy atom. The first kappa shape index (κ1) is 15.1. The van der Waals surface area contributed by atoms with Crippen molar-refractivity contribution >= 4 is 0 Å². The summed E-state index contributed by atoms with van der Waals surface area (Å²) in [5.41, 5.74) is 2.38. The molecule has 0 atom stereocenters. The molecule has 1 aromatic heterocycles. The normalized spacial score (nSPS) is 8.29. The van der Waals surface area contributed by atoms with Gasteiger partial charge in [0.2, 0.25) is 0 Å². The fourth-order valence-electron chi connectivity index (χ4n) is 1.35. The number of hydrogen-bond acceptors (Lipinski definition) is 1. The van der Waals surface area contributed by atoms with Crippen LogP contribution in [0.3, 0.4) is 0 Å². The number of furan rings is 1. The number of benzene rings is 1. The van der Waals surface area contributed by atoms with Gasteiger partial charge in [-0.25, -0.2) is 0 Å². The van der Waals surface area contributed by atoms with Gasteiger partial charge in [0.1, 0.15) is 5.76 Å². The zero-order valence-corrected chi connectivity index (χ0v) is 10.8. The predicted molar refractivity (Wildman–Crippen MR) is 74.8 cm³/mol. The molecule has 0 unspecified atom stereocenters. The summed E-state index contributed by atoms with van der Waals surface area (Å²) in [5.74, 6) is 1.04. The van der Waals surface area contributed by atoms with Crippen molar-refractivity contribution in [3.8, 4) is 24.0 Å². The first-order valence-corrected chi connectivity index (χ1v) is 5.86. The van der Waals surface area contributed by atoms with Crippen molar-refractivity contribution in [1.29, 1.82) is 0 Å². The Bertz CT molecular complexity index is 409. The van der Waals surface area contributed by atoms with Crippen molar-refractivity contribution in [3.05, 3.63) is 48.4 Å². The first-order chi connectivity index (χ1) is 8.40. The molecule has 0 aliphatic heterocycles. The SMILES string of the molecule is C#C.CC.CCc1cc(-c2ccccc2)co1. The highest BCUT2D eigenvalue weighted by atomic mass is 16.3. The van der Waals surface area contributed by atoms with Gasteiger partial charge in [0.25, 0.3) is 0 Å². The zero-order valence-electron chi connectivity index (χ0n) is 10.8. The second-order valence-electron chi connectivity index (χ2n) is 3.02. The molecule has 0 bridgehead atoms. The Kier molecular flexibility index (Phi) is 8.24. The van der Waals surface area contributed by atoms with E-state index in [2.05, 4.69) is 38.0 Å². The van der Waals surface area contributed by atoms with E-state index in [9.17, 15) is 0 Å². The molecule has 0 saturated heterocycles. The van der Waals surface area contributed by atoms with E-state index in [1.807, 2.05) is 38.3 Å². The molecule has 17 heavy (non-hydrogen) atoms. The molecule has 0 amide bonds. The molecule has 0 N–H and O–H groups in total. The quantitative estimate of drug-likeness (QED) is 0.674. The topological polar surface area (TPSA) is 13.1 Å². The third-order valence-electron chi connectivity index (χ3n) is 2.11. The van der Waals surface area contributed by atoms with Crippen molar-refractivity contribution < 1.29 is 4.42 Å². The second kappa shape index (κ2) is 9.30. The monoisotopic (exact) mass is 228 g/mol. The minimum absolute atomic E-state index is 0.951. The van der Waals surface area contributed by atoms with Gasteiger partial charge in [-0.3, -0.25) is 0 Å². The Labute approximate surface area is 104 Å². The van der Waals surface area contributed by atoms with Gasteiger partial charge in [-0.15, -0.1) is 12.8 Å². The fraction of sp³-hybridized carbons (Fsp3) is 0.250. The summed E-state index contributed by atoms with van der Waals surface area (Å²) < 4.78 is 5.37. The van der Waals surface area contributed by atoms with Crippen LogP contribution in [0.2, 0.25) is 0 Å². The molecule has 0 fully saturated rings. The van der Waals surface area contributed by atoms with Crippen LogP contribution in [0.4, 0.5) is 0 Å². The van der Waals surface area contributed by atoms with Crippen LogP contribution in [0.5, 0.6) is 0 Å². The van der Waals surface area contributed by atoms with Gasteiger partial charge in [0.05, 0.1) is 6.26 Å². The Morgan fingerprint density at radius 2 is 1.59 bits per heavy atom. The smallest absolute Gasteiger partial charge is 0.104 e. The van der Waals surface area contributed by atoms with Crippen molar-refractivity contribution in [3.63, 3.8) is 0 Å². The lowest BCUT2D eigenvalue weighted by molar-refractivity contribution is 0.516. The molecule has 1 heteroatoms. The van der Waals surface area contributed by atoms with E-state index in [-0.39, 0.29) is 0 Å². The van der Waals surface area contributed by atoms with E-state index in [4.69, 9.17) is 4.42 Å². The molecule has 0 radical (unpaired) electrons. The predicted octanol–water partition coefficient (Wildman–Crippen LogP) is 4.78. The van der Waals surface area contributed by atoms with E-state index < -0.39 is 0 Å². The average Bonchev–Trinajstić information content (AvgIpc) is 2.93. The van der Waals surface area contributed by atoms with Gasteiger partial charge in [-0.1, -0.05) is 51.1 Å². The molecule has 0 saturated carbocycles. The van der Waals surface area contributed by atoms with Crippen LogP contribution in [-0.4, -0.2) is 0 Å². The maximum absolute atomic E-state index is 5.37. The van der Waals surface area contributed by atoms with Crippen LogP contribution >= 0.6 is 0 Å². The van der Waals surface area contributed by atoms with Gasteiger partial charge in [-0.2, -0.15) is 0 Å². The lowest BCUT2D eigenvalue weighted by Crippen LogP contribution is -1.72. The highest BCUT2D eigenvalue weighted by Gasteiger charge is 2.00. The number of hydrogen-bond donors (Lipinski definition) is 0. The summed E-state index contributed by atoms with van der Waals surface area (Å²) in [6.45, 7) is 6.09. The molecule has 0 aliphatic carbocycles. The zero-order chi connectivity index (χ0) is 13.1. The Morgan fingerprint density at radius 1 is 1.00 bits per heavy atom. The van der Waals surface area contributed by atoms with Crippen LogP contribution in [0.1, 0.15) is 26.5 Å². The van der Waals surface area contributed by atoms with E-state index in [1.165, 1.54) is 5.56 Å². The highest BCUT2D eigenvalue weighted by Crippen LogP contribution is 2.21. The molecule has 0 aliphatic rings. The summed E-state index contributed by atoms with van der Waals surface area (Å²) in [6.07, 6.45) is 10.8. The number of aryl methyl sites for hydroxylation is 1. The first-order valence-electron chi connectivity index (χ1n) is 5.86. The molecule has 2 aromatic rings. The maximum Gasteiger partial charge on any atom is 0.104 e. The van der Waals surface area contributed by atoms with Gasteiger partial charge in [-0.05, 0) is 11.6 Å². The van der Waals surface area contributed by atoms with Crippen LogP contribution in [0.15, 0.2) is 47.1 Å². The Balaban J connectivity index is 0.000000581. The molecule has 90 valence electrons. The highest BCUT2D eigenvalue weighted by molar-refractivity contribution is 5.62. The van der Waals surface area contributed by atoms with Gasteiger partial charge >= 0.3 is 0 Å². The number of rotatable bonds is 2. The van der Waals surface area contributed by atoms with E-state index >= 15 is 0 Å². The molecular weight excluding hydrogens is 208 g/mol.